The van der Waals surface area contributed by atoms with Crippen molar-refractivity contribution in [1.82, 2.24) is 4.90 Å². The Morgan fingerprint density at radius 1 is 1.42 bits per heavy atom. The predicted octanol–water partition coefficient (Wildman–Crippen LogP) is 2.24. The zero-order chi connectivity index (χ0) is 9.03. The van der Waals surface area contributed by atoms with E-state index >= 15 is 0 Å². The van der Waals surface area contributed by atoms with Crippen LogP contribution in [0.4, 0.5) is 0 Å². The normalized spacial score (nSPS) is 31.2. The van der Waals surface area contributed by atoms with Crippen LogP contribution in [0.2, 0.25) is 0 Å². The Labute approximate surface area is 75.9 Å². The van der Waals surface area contributed by atoms with Gasteiger partial charge in [0.15, 0.2) is 0 Å². The van der Waals surface area contributed by atoms with Gasteiger partial charge in [0.25, 0.3) is 0 Å². The van der Waals surface area contributed by atoms with E-state index in [1.165, 1.54) is 32.2 Å². The molecule has 0 radical (unpaired) electrons. The number of hydrogen-bond acceptors (Lipinski definition) is 2. The molecule has 1 rings (SSSR count). The van der Waals surface area contributed by atoms with Gasteiger partial charge in [-0.1, -0.05) is 20.3 Å². The van der Waals surface area contributed by atoms with E-state index in [0.29, 0.717) is 0 Å². The zero-order valence-corrected chi connectivity index (χ0v) is 8.60. The summed E-state index contributed by atoms with van der Waals surface area (Å²) >= 11 is 0. The highest BCUT2D eigenvalue weighted by Crippen LogP contribution is 2.33. The second-order valence-corrected chi connectivity index (χ2v) is 3.58. The van der Waals surface area contributed by atoms with E-state index in [1.807, 2.05) is 7.11 Å². The second-order valence-electron chi connectivity index (χ2n) is 3.58. The molecule has 12 heavy (non-hydrogen) atoms. The lowest BCUT2D eigenvalue weighted by Gasteiger charge is -2.36. The van der Waals surface area contributed by atoms with Gasteiger partial charge in [-0.05, 0) is 25.8 Å². The summed E-state index contributed by atoms with van der Waals surface area (Å²) in [6.45, 7) is 6.78. The molecule has 1 aliphatic rings. The molecule has 72 valence electrons. The monoisotopic (exact) mass is 171 g/mol. The molecule has 0 aromatic heterocycles. The minimum absolute atomic E-state index is 0.0868. The summed E-state index contributed by atoms with van der Waals surface area (Å²) in [5, 5.41) is 0. The molecule has 0 aromatic carbocycles. The maximum atomic E-state index is 5.67. The van der Waals surface area contributed by atoms with Crippen molar-refractivity contribution < 1.29 is 4.74 Å². The van der Waals surface area contributed by atoms with Gasteiger partial charge in [0.1, 0.15) is 5.72 Å². The molecule has 1 unspecified atom stereocenters. The van der Waals surface area contributed by atoms with Gasteiger partial charge >= 0.3 is 0 Å². The van der Waals surface area contributed by atoms with Crippen LogP contribution in [-0.2, 0) is 4.74 Å². The highest BCUT2D eigenvalue weighted by atomic mass is 16.5. The van der Waals surface area contributed by atoms with E-state index in [1.54, 1.807) is 0 Å². The first-order chi connectivity index (χ1) is 5.79. The van der Waals surface area contributed by atoms with Gasteiger partial charge in [0.05, 0.1) is 0 Å². The summed E-state index contributed by atoms with van der Waals surface area (Å²) < 4.78 is 5.67. The molecule has 0 spiro atoms. The van der Waals surface area contributed by atoms with Crippen LogP contribution in [0, 0.1) is 0 Å². The van der Waals surface area contributed by atoms with Gasteiger partial charge in [-0.2, -0.15) is 0 Å². The third-order valence-corrected chi connectivity index (χ3v) is 2.97. The molecule has 1 saturated heterocycles. The van der Waals surface area contributed by atoms with Crippen molar-refractivity contribution in [3.05, 3.63) is 0 Å². The highest BCUT2D eigenvalue weighted by Gasteiger charge is 2.38. The lowest BCUT2D eigenvalue weighted by molar-refractivity contribution is -0.116. The standard InChI is InChI=1S/C10H21NO/c1-4-7-10(12-3)8-6-9-11(10)5-2/h4-9H2,1-3H3. The van der Waals surface area contributed by atoms with Crippen molar-refractivity contribution in [1.29, 1.82) is 0 Å². The summed E-state index contributed by atoms with van der Waals surface area (Å²) in [6, 6.07) is 0. The maximum absolute atomic E-state index is 5.67. The van der Waals surface area contributed by atoms with E-state index in [-0.39, 0.29) is 5.72 Å². The van der Waals surface area contributed by atoms with Crippen molar-refractivity contribution >= 4 is 0 Å². The maximum Gasteiger partial charge on any atom is 0.121 e. The van der Waals surface area contributed by atoms with Crippen LogP contribution in [0.5, 0.6) is 0 Å². The van der Waals surface area contributed by atoms with Gasteiger partial charge in [-0.3, -0.25) is 4.90 Å². The average molecular weight is 171 g/mol. The van der Waals surface area contributed by atoms with Crippen LogP contribution in [0.25, 0.3) is 0 Å². The second kappa shape index (κ2) is 4.24. The number of hydrogen-bond donors (Lipinski definition) is 0. The van der Waals surface area contributed by atoms with Crippen LogP contribution in [0.3, 0.4) is 0 Å². The quantitative estimate of drug-likeness (QED) is 0.643. The Morgan fingerprint density at radius 2 is 2.17 bits per heavy atom. The summed E-state index contributed by atoms with van der Waals surface area (Å²) in [5.41, 5.74) is 0.0868. The molecule has 2 nitrogen and oxygen atoms in total. The molecule has 0 aliphatic carbocycles. The minimum atomic E-state index is 0.0868. The largest absolute Gasteiger partial charge is 0.364 e. The molecule has 1 aliphatic heterocycles. The van der Waals surface area contributed by atoms with Crippen molar-refractivity contribution in [3.8, 4) is 0 Å². The first-order valence-corrected chi connectivity index (χ1v) is 5.09. The number of nitrogens with zero attached hydrogens (tertiary/aromatic N) is 1. The first-order valence-electron chi connectivity index (χ1n) is 5.09. The predicted molar refractivity (Wildman–Crippen MR) is 51.1 cm³/mol. The van der Waals surface area contributed by atoms with E-state index in [0.717, 1.165) is 6.54 Å². The molecule has 2 heteroatoms. The van der Waals surface area contributed by atoms with E-state index in [9.17, 15) is 0 Å². The fourth-order valence-electron chi connectivity index (χ4n) is 2.36. The molecule has 0 bridgehead atoms. The molecule has 0 amide bonds. The van der Waals surface area contributed by atoms with Crippen molar-refractivity contribution in [2.24, 2.45) is 0 Å². The summed E-state index contributed by atoms with van der Waals surface area (Å²) in [7, 11) is 1.85. The topological polar surface area (TPSA) is 12.5 Å². The Balaban J connectivity index is 2.61. The fraction of sp³-hybridized carbons (Fsp3) is 1.00. The molecule has 1 heterocycles. The smallest absolute Gasteiger partial charge is 0.121 e. The Morgan fingerprint density at radius 3 is 2.67 bits per heavy atom. The molecule has 0 aromatic rings. The van der Waals surface area contributed by atoms with Crippen molar-refractivity contribution in [2.75, 3.05) is 20.2 Å². The SMILES string of the molecule is CCCC1(OC)CCCN1CC. The Kier molecular flexibility index (Phi) is 3.53. The van der Waals surface area contributed by atoms with Crippen LogP contribution in [0.1, 0.15) is 39.5 Å². The number of methoxy groups -OCH3 is 1. The lowest BCUT2D eigenvalue weighted by atomic mass is 10.0. The third kappa shape index (κ3) is 1.64. The molecular formula is C10H21NO. The van der Waals surface area contributed by atoms with Gasteiger partial charge in [0.2, 0.25) is 0 Å². The lowest BCUT2D eigenvalue weighted by Crippen LogP contribution is -2.45. The van der Waals surface area contributed by atoms with Gasteiger partial charge in [-0.15, -0.1) is 0 Å². The van der Waals surface area contributed by atoms with Crippen LogP contribution in [-0.4, -0.2) is 30.8 Å². The molecule has 0 saturated carbocycles. The van der Waals surface area contributed by atoms with Gasteiger partial charge in [0, 0.05) is 13.7 Å². The molecule has 0 N–H and O–H groups in total. The summed E-state index contributed by atoms with van der Waals surface area (Å²) in [6.07, 6.45) is 4.90. The van der Waals surface area contributed by atoms with E-state index in [2.05, 4.69) is 18.7 Å². The van der Waals surface area contributed by atoms with E-state index < -0.39 is 0 Å². The Bertz CT molecular complexity index is 138. The van der Waals surface area contributed by atoms with Gasteiger partial charge < -0.3 is 4.74 Å². The first kappa shape index (κ1) is 10.0. The average Bonchev–Trinajstić information content (AvgIpc) is 2.49. The summed E-state index contributed by atoms with van der Waals surface area (Å²) in [4.78, 5) is 2.47. The third-order valence-electron chi connectivity index (χ3n) is 2.97. The fourth-order valence-corrected chi connectivity index (χ4v) is 2.36. The summed E-state index contributed by atoms with van der Waals surface area (Å²) in [5.74, 6) is 0. The van der Waals surface area contributed by atoms with E-state index in [4.69, 9.17) is 4.74 Å². The molecular weight excluding hydrogens is 150 g/mol. The van der Waals surface area contributed by atoms with Crippen LogP contribution in [0.15, 0.2) is 0 Å². The minimum Gasteiger partial charge on any atom is -0.364 e. The molecule has 1 fully saturated rings. The molecule has 1 atom stereocenters. The highest BCUT2D eigenvalue weighted by molar-refractivity contribution is 4.86. The number of ether oxygens (including phenoxy) is 1. The van der Waals surface area contributed by atoms with Crippen LogP contribution < -0.4 is 0 Å². The van der Waals surface area contributed by atoms with Crippen molar-refractivity contribution in [3.63, 3.8) is 0 Å². The number of rotatable bonds is 4. The van der Waals surface area contributed by atoms with Crippen LogP contribution >= 0.6 is 0 Å². The zero-order valence-electron chi connectivity index (χ0n) is 8.60. The van der Waals surface area contributed by atoms with Gasteiger partial charge in [-0.25, -0.2) is 0 Å². The Hall–Kier alpha value is -0.0800. The van der Waals surface area contributed by atoms with Crippen molar-refractivity contribution in [2.45, 2.75) is 45.3 Å². The number of likely N-dealkylation sites (tertiary alicyclic amines) is 1.